The lowest BCUT2D eigenvalue weighted by Crippen LogP contribution is -2.32. The fourth-order valence-corrected chi connectivity index (χ4v) is 5.83. The van der Waals surface area contributed by atoms with Gasteiger partial charge in [-0.25, -0.2) is 12.8 Å². The minimum absolute atomic E-state index is 0.00246. The van der Waals surface area contributed by atoms with E-state index in [-0.39, 0.29) is 38.7 Å². The summed E-state index contributed by atoms with van der Waals surface area (Å²) in [6.45, 7) is 1.09. The zero-order valence-electron chi connectivity index (χ0n) is 17.3. The number of rotatable bonds is 8. The van der Waals surface area contributed by atoms with Gasteiger partial charge >= 0.3 is 0 Å². The summed E-state index contributed by atoms with van der Waals surface area (Å²) in [4.78, 5) is 16.6. The van der Waals surface area contributed by atoms with Crippen molar-refractivity contribution >= 4 is 43.4 Å². The summed E-state index contributed by atoms with van der Waals surface area (Å²) in [7, 11) is -4.03. The first-order valence-corrected chi connectivity index (χ1v) is 13.4. The molecule has 1 aliphatic rings. The number of halogens is 2. The molecule has 0 bridgehead atoms. The first-order chi connectivity index (χ1) is 15.8. The number of benzene rings is 2. The lowest BCUT2D eigenvalue weighted by atomic mass is 10.2. The van der Waals surface area contributed by atoms with Crippen LogP contribution in [0.1, 0.15) is 12.8 Å². The number of carbonyl (C=O) groups is 1. The molecule has 2 heterocycles. The van der Waals surface area contributed by atoms with E-state index in [1.54, 1.807) is 12.1 Å². The molecule has 4 rings (SSSR count). The van der Waals surface area contributed by atoms with E-state index >= 15 is 0 Å². The lowest BCUT2D eigenvalue weighted by molar-refractivity contribution is -0.119. The van der Waals surface area contributed by atoms with Gasteiger partial charge in [-0.15, -0.1) is 0 Å². The average molecular weight is 555 g/mol. The summed E-state index contributed by atoms with van der Waals surface area (Å²) in [5, 5.41) is 2.49. The molecule has 2 aromatic carbocycles. The second-order valence-corrected chi connectivity index (χ2v) is 11.0. The van der Waals surface area contributed by atoms with Gasteiger partial charge in [-0.05, 0) is 61.4 Å². The van der Waals surface area contributed by atoms with Gasteiger partial charge < -0.3 is 14.5 Å². The molecule has 0 aliphatic carbocycles. The molecule has 33 heavy (non-hydrogen) atoms. The normalized spacial score (nSPS) is 16.1. The van der Waals surface area contributed by atoms with Crippen molar-refractivity contribution in [1.29, 1.82) is 0 Å². The van der Waals surface area contributed by atoms with Gasteiger partial charge in [-0.3, -0.25) is 4.79 Å². The summed E-state index contributed by atoms with van der Waals surface area (Å²) >= 11 is 4.22. The Hall–Kier alpha value is -2.21. The number of oxazole rings is 1. The van der Waals surface area contributed by atoms with Gasteiger partial charge in [-0.2, -0.15) is 4.98 Å². The van der Waals surface area contributed by atoms with Gasteiger partial charge in [0.2, 0.25) is 31.8 Å². The minimum Gasteiger partial charge on any atom is -0.428 e. The van der Waals surface area contributed by atoms with Crippen molar-refractivity contribution in [1.82, 2.24) is 10.3 Å². The van der Waals surface area contributed by atoms with Gasteiger partial charge in [0.25, 0.3) is 0 Å². The van der Waals surface area contributed by atoms with Crippen LogP contribution in [0.2, 0.25) is 0 Å². The molecular formula is C22H20BrFN2O5S2. The molecule has 1 amide bonds. The van der Waals surface area contributed by atoms with Crippen LogP contribution in [0.3, 0.4) is 0 Å². The highest BCUT2D eigenvalue weighted by molar-refractivity contribution is 9.10. The molecule has 11 heteroatoms. The molecule has 174 valence electrons. The Morgan fingerprint density at radius 1 is 1.18 bits per heavy atom. The fourth-order valence-electron chi connectivity index (χ4n) is 3.21. The van der Waals surface area contributed by atoms with Crippen LogP contribution in [0, 0.1) is 5.82 Å². The van der Waals surface area contributed by atoms with E-state index < -0.39 is 15.7 Å². The molecule has 1 saturated heterocycles. The number of thioether (sulfide) groups is 1. The van der Waals surface area contributed by atoms with E-state index in [4.69, 9.17) is 9.15 Å². The predicted molar refractivity (Wildman–Crippen MR) is 124 cm³/mol. The van der Waals surface area contributed by atoms with Crippen LogP contribution in [0.5, 0.6) is 0 Å². The fraction of sp³-hybridized carbons (Fsp3) is 0.273. The number of aromatic nitrogens is 1. The first-order valence-electron chi connectivity index (χ1n) is 10.1. The molecule has 1 fully saturated rings. The maximum atomic E-state index is 13.3. The Bertz CT molecular complexity index is 1220. The molecule has 1 N–H and O–H groups in total. The monoisotopic (exact) mass is 554 g/mol. The Morgan fingerprint density at radius 2 is 1.91 bits per heavy atom. The number of amides is 1. The lowest BCUT2D eigenvalue weighted by Gasteiger charge is -2.10. The highest BCUT2D eigenvalue weighted by Crippen LogP contribution is 2.35. The quantitative estimate of drug-likeness (QED) is 0.410. The number of ether oxygens (including phenoxy) is 1. The van der Waals surface area contributed by atoms with E-state index in [1.807, 2.05) is 0 Å². The Morgan fingerprint density at radius 3 is 2.58 bits per heavy atom. The van der Waals surface area contributed by atoms with E-state index in [0.717, 1.165) is 29.1 Å². The number of sulfone groups is 1. The molecule has 0 radical (unpaired) electrons. The second-order valence-electron chi connectivity index (χ2n) is 7.30. The van der Waals surface area contributed by atoms with Crippen molar-refractivity contribution in [3.8, 4) is 11.5 Å². The number of nitrogens with zero attached hydrogens (tertiary/aromatic N) is 1. The zero-order valence-corrected chi connectivity index (χ0v) is 20.5. The van der Waals surface area contributed by atoms with Gasteiger partial charge in [-0.1, -0.05) is 27.7 Å². The third kappa shape index (κ3) is 5.84. The smallest absolute Gasteiger partial charge is 0.230 e. The maximum Gasteiger partial charge on any atom is 0.230 e. The predicted octanol–water partition coefficient (Wildman–Crippen LogP) is 4.46. The van der Waals surface area contributed by atoms with Crippen molar-refractivity contribution in [3.63, 3.8) is 0 Å². The highest BCUT2D eigenvalue weighted by atomic mass is 79.9. The van der Waals surface area contributed by atoms with Crippen LogP contribution in [0.4, 0.5) is 4.39 Å². The number of hydrogen-bond donors (Lipinski definition) is 1. The first kappa shape index (κ1) is 23.9. The largest absolute Gasteiger partial charge is 0.428 e. The van der Waals surface area contributed by atoms with E-state index in [1.165, 1.54) is 36.4 Å². The summed E-state index contributed by atoms with van der Waals surface area (Å²) in [6.07, 6.45) is 1.87. The second kappa shape index (κ2) is 10.4. The molecule has 3 aromatic rings. The summed E-state index contributed by atoms with van der Waals surface area (Å²) in [5.74, 6) is -0.756. The van der Waals surface area contributed by atoms with Crippen LogP contribution in [0.15, 0.2) is 72.4 Å². The third-order valence-electron chi connectivity index (χ3n) is 4.92. The van der Waals surface area contributed by atoms with Gasteiger partial charge in [0.15, 0.2) is 0 Å². The van der Waals surface area contributed by atoms with Crippen molar-refractivity contribution in [2.75, 3.05) is 18.9 Å². The van der Waals surface area contributed by atoms with Crippen LogP contribution < -0.4 is 5.32 Å². The molecule has 7 nitrogen and oxygen atoms in total. The van der Waals surface area contributed by atoms with Crippen molar-refractivity contribution in [2.24, 2.45) is 0 Å². The van der Waals surface area contributed by atoms with Crippen LogP contribution in [-0.2, 0) is 19.4 Å². The summed E-state index contributed by atoms with van der Waals surface area (Å²) in [5.41, 5.74) is 0.415. The highest BCUT2D eigenvalue weighted by Gasteiger charge is 2.29. The Kier molecular flexibility index (Phi) is 7.52. The van der Waals surface area contributed by atoms with E-state index in [2.05, 4.69) is 26.2 Å². The summed E-state index contributed by atoms with van der Waals surface area (Å²) in [6, 6.07) is 11.5. The topological polar surface area (TPSA) is 98.5 Å². The third-order valence-corrected chi connectivity index (χ3v) is 8.20. The maximum absolute atomic E-state index is 13.3. The number of hydrogen-bond acceptors (Lipinski definition) is 7. The molecule has 1 unspecified atom stereocenters. The molecule has 1 aliphatic heterocycles. The minimum atomic E-state index is -4.03. The van der Waals surface area contributed by atoms with Gasteiger partial charge in [0.05, 0.1) is 16.8 Å². The van der Waals surface area contributed by atoms with Crippen molar-refractivity contribution in [2.45, 2.75) is 34.0 Å². The molecule has 0 saturated carbocycles. The number of carbonyl (C=O) groups excluding carboxylic acids is 1. The van der Waals surface area contributed by atoms with E-state index in [9.17, 15) is 17.6 Å². The zero-order chi connectivity index (χ0) is 23.4. The van der Waals surface area contributed by atoms with Crippen LogP contribution in [-0.4, -0.2) is 44.3 Å². The average Bonchev–Trinajstić information content (AvgIpc) is 3.47. The molecule has 0 spiro atoms. The molecular weight excluding hydrogens is 535 g/mol. The van der Waals surface area contributed by atoms with Crippen LogP contribution in [0.25, 0.3) is 11.5 Å². The van der Waals surface area contributed by atoms with Gasteiger partial charge in [0, 0.05) is 23.2 Å². The van der Waals surface area contributed by atoms with Crippen LogP contribution >= 0.6 is 27.7 Å². The molecule has 1 atom stereocenters. The SMILES string of the molecule is O=C(CSc1oc(-c2ccc(F)cc2)nc1S(=O)(=O)c1ccc(Br)cc1)NCC1CCCO1. The van der Waals surface area contributed by atoms with E-state index in [0.29, 0.717) is 18.7 Å². The number of nitrogens with one attached hydrogen (secondary N) is 1. The van der Waals surface area contributed by atoms with Crippen molar-refractivity contribution < 1.29 is 26.8 Å². The molecule has 1 aromatic heterocycles. The Labute approximate surface area is 203 Å². The van der Waals surface area contributed by atoms with Gasteiger partial charge in [0.1, 0.15) is 5.82 Å². The Balaban J connectivity index is 1.59. The van der Waals surface area contributed by atoms with Crippen molar-refractivity contribution in [3.05, 3.63) is 58.8 Å². The standard InChI is InChI=1S/C22H20BrFN2O5S2/c23-15-5-9-18(10-6-15)33(28,29)21-22(31-20(26-21)14-3-7-16(24)8-4-14)32-13-19(27)25-12-17-2-1-11-30-17/h3-10,17H,1-2,11-13H2,(H,25,27). The summed E-state index contributed by atoms with van der Waals surface area (Å²) < 4.78 is 51.8.